The highest BCUT2D eigenvalue weighted by Crippen LogP contribution is 2.23. The number of hydrogen-bond acceptors (Lipinski definition) is 2. The molecule has 0 unspecified atom stereocenters. The molecule has 0 aliphatic heterocycles. The fourth-order valence-corrected chi connectivity index (χ4v) is 3.45. The van der Waals surface area contributed by atoms with E-state index in [1.165, 1.54) is 36.7 Å². The van der Waals surface area contributed by atoms with E-state index in [4.69, 9.17) is 0 Å². The van der Waals surface area contributed by atoms with Crippen LogP contribution in [0.25, 0.3) is 10.8 Å². The molecule has 122 valence electrons. The van der Waals surface area contributed by atoms with Gasteiger partial charge in [-0.15, -0.1) is 0 Å². The standard InChI is InChI=1S/C19H24N2O2/c1-13-8-9-15-11-17(21(2)19(23)16(15)10-13)18(22)20-12-14-6-4-3-5-7-14/h8-11,14H,3-7,12H2,1-2H3,(H,20,22). The summed E-state index contributed by atoms with van der Waals surface area (Å²) >= 11 is 0. The maximum absolute atomic E-state index is 12.5. The van der Waals surface area contributed by atoms with Gasteiger partial charge in [-0.2, -0.15) is 0 Å². The minimum Gasteiger partial charge on any atom is -0.350 e. The zero-order valence-corrected chi connectivity index (χ0v) is 13.9. The van der Waals surface area contributed by atoms with Gasteiger partial charge in [0.25, 0.3) is 11.5 Å². The van der Waals surface area contributed by atoms with Crippen LogP contribution in [-0.2, 0) is 7.05 Å². The number of nitrogens with zero attached hydrogens (tertiary/aromatic N) is 1. The Morgan fingerprint density at radius 3 is 2.70 bits per heavy atom. The zero-order chi connectivity index (χ0) is 16.4. The smallest absolute Gasteiger partial charge is 0.268 e. The molecule has 3 rings (SSSR count). The molecule has 0 bridgehead atoms. The molecule has 1 N–H and O–H groups in total. The molecule has 4 heteroatoms. The maximum Gasteiger partial charge on any atom is 0.268 e. The van der Waals surface area contributed by atoms with Crippen LogP contribution in [-0.4, -0.2) is 17.0 Å². The van der Waals surface area contributed by atoms with Crippen LogP contribution in [0.3, 0.4) is 0 Å². The molecule has 2 aromatic rings. The Bertz CT molecular complexity index is 786. The van der Waals surface area contributed by atoms with Crippen molar-refractivity contribution in [2.45, 2.75) is 39.0 Å². The van der Waals surface area contributed by atoms with E-state index in [9.17, 15) is 9.59 Å². The van der Waals surface area contributed by atoms with Crippen molar-refractivity contribution in [3.63, 3.8) is 0 Å². The summed E-state index contributed by atoms with van der Waals surface area (Å²) in [5.41, 5.74) is 1.36. The highest BCUT2D eigenvalue weighted by atomic mass is 16.2. The van der Waals surface area contributed by atoms with Crippen LogP contribution in [0, 0.1) is 12.8 Å². The van der Waals surface area contributed by atoms with Crippen LogP contribution >= 0.6 is 0 Å². The monoisotopic (exact) mass is 312 g/mol. The van der Waals surface area contributed by atoms with E-state index in [1.807, 2.05) is 31.2 Å². The van der Waals surface area contributed by atoms with Crippen LogP contribution < -0.4 is 10.9 Å². The normalized spacial score (nSPS) is 15.7. The Morgan fingerprint density at radius 2 is 1.96 bits per heavy atom. The second-order valence-electron chi connectivity index (χ2n) is 6.70. The topological polar surface area (TPSA) is 51.1 Å². The number of carbonyl (C=O) groups is 1. The van der Waals surface area contributed by atoms with Crippen molar-refractivity contribution in [2.75, 3.05) is 6.54 Å². The maximum atomic E-state index is 12.5. The zero-order valence-electron chi connectivity index (χ0n) is 13.9. The van der Waals surface area contributed by atoms with Crippen LogP contribution in [0.4, 0.5) is 0 Å². The minimum absolute atomic E-state index is 0.117. The average molecular weight is 312 g/mol. The molecule has 4 nitrogen and oxygen atoms in total. The highest BCUT2D eigenvalue weighted by Gasteiger charge is 2.17. The number of nitrogens with one attached hydrogen (secondary N) is 1. The molecule has 0 atom stereocenters. The third-order valence-electron chi connectivity index (χ3n) is 4.91. The Hall–Kier alpha value is -2.10. The first-order chi connectivity index (χ1) is 11.1. The Morgan fingerprint density at radius 1 is 1.22 bits per heavy atom. The SMILES string of the molecule is Cc1ccc2cc(C(=O)NCC3CCCCC3)n(C)c(=O)c2c1. The molecule has 0 spiro atoms. The summed E-state index contributed by atoms with van der Waals surface area (Å²) in [5.74, 6) is 0.422. The van der Waals surface area contributed by atoms with E-state index < -0.39 is 0 Å². The number of hydrogen-bond donors (Lipinski definition) is 1. The summed E-state index contributed by atoms with van der Waals surface area (Å²) < 4.78 is 1.46. The molecule has 1 aromatic heterocycles. The van der Waals surface area contributed by atoms with E-state index in [2.05, 4.69) is 5.32 Å². The Kier molecular flexibility index (Phi) is 4.51. The van der Waals surface area contributed by atoms with Crippen molar-refractivity contribution in [1.29, 1.82) is 0 Å². The number of fused-ring (bicyclic) bond motifs is 1. The van der Waals surface area contributed by atoms with Gasteiger partial charge in [0, 0.05) is 19.0 Å². The van der Waals surface area contributed by atoms with Gasteiger partial charge in [0.05, 0.1) is 0 Å². The fraction of sp³-hybridized carbons (Fsp3) is 0.474. The van der Waals surface area contributed by atoms with Crippen LogP contribution in [0.2, 0.25) is 0 Å². The van der Waals surface area contributed by atoms with E-state index in [1.54, 1.807) is 7.05 Å². The first-order valence-corrected chi connectivity index (χ1v) is 8.45. The van der Waals surface area contributed by atoms with Crippen molar-refractivity contribution < 1.29 is 4.79 Å². The largest absolute Gasteiger partial charge is 0.350 e. The molecule has 1 fully saturated rings. The summed E-state index contributed by atoms with van der Waals surface area (Å²) in [6.45, 7) is 2.67. The van der Waals surface area contributed by atoms with Gasteiger partial charge >= 0.3 is 0 Å². The molecule has 1 heterocycles. The van der Waals surface area contributed by atoms with Gasteiger partial charge in [-0.25, -0.2) is 0 Å². The Balaban J connectivity index is 1.84. The predicted octanol–water partition coefficient (Wildman–Crippen LogP) is 3.16. The number of benzene rings is 1. The third kappa shape index (κ3) is 3.31. The number of amides is 1. The van der Waals surface area contributed by atoms with E-state index in [0.29, 0.717) is 23.5 Å². The lowest BCUT2D eigenvalue weighted by Crippen LogP contribution is -2.34. The lowest BCUT2D eigenvalue weighted by molar-refractivity contribution is 0.0934. The third-order valence-corrected chi connectivity index (χ3v) is 4.91. The van der Waals surface area contributed by atoms with Gasteiger partial charge in [-0.05, 0) is 43.2 Å². The summed E-state index contributed by atoms with van der Waals surface area (Å²) in [4.78, 5) is 25.0. The Labute approximate surface area is 136 Å². The van der Waals surface area contributed by atoms with Gasteiger partial charge in [-0.1, -0.05) is 37.0 Å². The second kappa shape index (κ2) is 6.57. The number of rotatable bonds is 3. The number of carbonyl (C=O) groups excluding carboxylic acids is 1. The summed E-state index contributed by atoms with van der Waals surface area (Å²) in [6.07, 6.45) is 6.21. The van der Waals surface area contributed by atoms with Crippen molar-refractivity contribution in [1.82, 2.24) is 9.88 Å². The first-order valence-electron chi connectivity index (χ1n) is 8.45. The van der Waals surface area contributed by atoms with Crippen molar-refractivity contribution in [3.8, 4) is 0 Å². The molecule has 1 aliphatic carbocycles. The van der Waals surface area contributed by atoms with E-state index in [0.717, 1.165) is 10.9 Å². The lowest BCUT2D eigenvalue weighted by atomic mass is 9.89. The minimum atomic E-state index is -0.155. The molecular formula is C19H24N2O2. The second-order valence-corrected chi connectivity index (χ2v) is 6.70. The summed E-state index contributed by atoms with van der Waals surface area (Å²) in [6, 6.07) is 7.56. The molecule has 0 radical (unpaired) electrons. The van der Waals surface area contributed by atoms with Crippen molar-refractivity contribution in [3.05, 3.63) is 45.9 Å². The number of aromatic nitrogens is 1. The number of aryl methyl sites for hydroxylation is 1. The van der Waals surface area contributed by atoms with Gasteiger partial charge < -0.3 is 9.88 Å². The van der Waals surface area contributed by atoms with Gasteiger partial charge in [0.2, 0.25) is 0 Å². The van der Waals surface area contributed by atoms with Gasteiger partial charge in [-0.3, -0.25) is 9.59 Å². The predicted molar refractivity (Wildman–Crippen MR) is 92.8 cm³/mol. The van der Waals surface area contributed by atoms with Gasteiger partial charge in [0.15, 0.2) is 0 Å². The molecular weight excluding hydrogens is 288 g/mol. The number of pyridine rings is 1. The molecule has 1 aliphatic rings. The molecule has 23 heavy (non-hydrogen) atoms. The van der Waals surface area contributed by atoms with Crippen LogP contribution in [0.15, 0.2) is 29.1 Å². The molecule has 1 aromatic carbocycles. The quantitative estimate of drug-likeness (QED) is 0.946. The van der Waals surface area contributed by atoms with Crippen molar-refractivity contribution >= 4 is 16.7 Å². The first kappa shape index (κ1) is 15.8. The lowest BCUT2D eigenvalue weighted by Gasteiger charge is -2.22. The van der Waals surface area contributed by atoms with E-state index >= 15 is 0 Å². The van der Waals surface area contributed by atoms with Crippen molar-refractivity contribution in [2.24, 2.45) is 13.0 Å². The van der Waals surface area contributed by atoms with Crippen LogP contribution in [0.5, 0.6) is 0 Å². The summed E-state index contributed by atoms with van der Waals surface area (Å²) in [5, 5.41) is 4.50. The molecule has 1 amide bonds. The fourth-order valence-electron chi connectivity index (χ4n) is 3.45. The van der Waals surface area contributed by atoms with E-state index in [-0.39, 0.29) is 11.5 Å². The summed E-state index contributed by atoms with van der Waals surface area (Å²) in [7, 11) is 1.67. The van der Waals surface area contributed by atoms with Gasteiger partial charge in [0.1, 0.15) is 5.69 Å². The molecule has 1 saturated carbocycles. The molecule has 0 saturated heterocycles. The highest BCUT2D eigenvalue weighted by molar-refractivity contribution is 5.96. The van der Waals surface area contributed by atoms with Crippen LogP contribution in [0.1, 0.15) is 48.2 Å². The average Bonchev–Trinajstić information content (AvgIpc) is 2.57.